The van der Waals surface area contributed by atoms with Crippen LogP contribution in [0, 0.1) is 0 Å². The van der Waals surface area contributed by atoms with Gasteiger partial charge in [-0.15, -0.1) is 0 Å². The van der Waals surface area contributed by atoms with Crippen LogP contribution >= 0.6 is 7.82 Å². The lowest BCUT2D eigenvalue weighted by atomic mass is 10.0. The quantitative estimate of drug-likeness (QED) is 0.0289. The Labute approximate surface area is 288 Å². The van der Waals surface area contributed by atoms with Gasteiger partial charge in [-0.3, -0.25) is 14.1 Å². The molecule has 0 heterocycles. The van der Waals surface area contributed by atoms with Gasteiger partial charge in [-0.1, -0.05) is 167 Å². The summed E-state index contributed by atoms with van der Waals surface area (Å²) in [6.07, 6.45) is 36.4. The summed E-state index contributed by atoms with van der Waals surface area (Å²) in [5, 5.41) is 0. The van der Waals surface area contributed by atoms with Crippen LogP contribution in [0.4, 0.5) is 0 Å². The van der Waals surface area contributed by atoms with Crippen LogP contribution in [0.3, 0.4) is 0 Å². The Bertz CT molecular complexity index is 782. The average molecular weight is 689 g/mol. The van der Waals surface area contributed by atoms with Crippen LogP contribution in [0.15, 0.2) is 12.2 Å². The molecule has 0 aromatic carbocycles. The molecule has 0 unspecified atom stereocenters. The first-order valence-corrected chi connectivity index (χ1v) is 21.0. The molecule has 1 atom stereocenters. The van der Waals surface area contributed by atoms with Crippen molar-refractivity contribution in [3.63, 3.8) is 0 Å². The molecular formula is C38H73O8P. The number of rotatable bonds is 36. The number of carbonyl (C=O) groups is 2. The second-order valence-electron chi connectivity index (χ2n) is 13.3. The minimum Gasteiger partial charge on any atom is -0.462 e. The average Bonchev–Trinajstić information content (AvgIpc) is 3.03. The van der Waals surface area contributed by atoms with Gasteiger partial charge in [0.1, 0.15) is 6.61 Å². The Morgan fingerprint density at radius 3 is 1.36 bits per heavy atom. The summed E-state index contributed by atoms with van der Waals surface area (Å²) in [6, 6.07) is 0. The van der Waals surface area contributed by atoms with E-state index in [0.717, 1.165) is 38.5 Å². The first-order valence-electron chi connectivity index (χ1n) is 19.5. The lowest BCUT2D eigenvalue weighted by Crippen LogP contribution is -2.29. The molecule has 0 radical (unpaired) electrons. The fraction of sp³-hybridized carbons (Fsp3) is 0.895. The van der Waals surface area contributed by atoms with Crippen molar-refractivity contribution in [2.75, 3.05) is 13.2 Å². The maximum Gasteiger partial charge on any atom is 0.469 e. The summed E-state index contributed by atoms with van der Waals surface area (Å²) in [4.78, 5) is 42.7. The molecule has 0 amide bonds. The third-order valence-electron chi connectivity index (χ3n) is 8.53. The lowest BCUT2D eigenvalue weighted by molar-refractivity contribution is -0.161. The minimum absolute atomic E-state index is 0.217. The molecular weight excluding hydrogens is 615 g/mol. The van der Waals surface area contributed by atoms with Gasteiger partial charge >= 0.3 is 19.8 Å². The van der Waals surface area contributed by atoms with E-state index in [0.29, 0.717) is 6.42 Å². The van der Waals surface area contributed by atoms with Gasteiger partial charge in [0.2, 0.25) is 0 Å². The molecule has 0 aliphatic carbocycles. The van der Waals surface area contributed by atoms with Crippen molar-refractivity contribution in [2.45, 2.75) is 206 Å². The van der Waals surface area contributed by atoms with E-state index in [9.17, 15) is 14.2 Å². The van der Waals surface area contributed by atoms with Crippen LogP contribution in [0.25, 0.3) is 0 Å². The van der Waals surface area contributed by atoms with E-state index in [1.54, 1.807) is 0 Å². The molecule has 0 aromatic heterocycles. The van der Waals surface area contributed by atoms with Crippen LogP contribution < -0.4 is 0 Å². The fourth-order valence-electron chi connectivity index (χ4n) is 5.59. The largest absolute Gasteiger partial charge is 0.469 e. The van der Waals surface area contributed by atoms with Gasteiger partial charge in [0.25, 0.3) is 0 Å². The van der Waals surface area contributed by atoms with Crippen molar-refractivity contribution >= 4 is 19.8 Å². The second kappa shape index (κ2) is 34.6. The Kier molecular flexibility index (Phi) is 33.8. The highest BCUT2D eigenvalue weighted by molar-refractivity contribution is 7.46. The molecule has 0 spiro atoms. The maximum atomic E-state index is 12.4. The van der Waals surface area contributed by atoms with E-state index in [2.05, 4.69) is 30.5 Å². The number of esters is 2. The number of hydrogen-bond donors (Lipinski definition) is 2. The molecule has 0 saturated carbocycles. The topological polar surface area (TPSA) is 119 Å². The van der Waals surface area contributed by atoms with Gasteiger partial charge in [-0.25, -0.2) is 4.57 Å². The monoisotopic (exact) mass is 689 g/mol. The van der Waals surface area contributed by atoms with E-state index in [-0.39, 0.29) is 19.4 Å². The summed E-state index contributed by atoms with van der Waals surface area (Å²) in [5.74, 6) is -0.878. The number of unbranched alkanes of at least 4 members (excludes halogenated alkanes) is 24. The Morgan fingerprint density at radius 2 is 0.915 bits per heavy atom. The van der Waals surface area contributed by atoms with Crippen LogP contribution in [-0.2, 0) is 28.2 Å². The molecule has 278 valence electrons. The third-order valence-corrected chi connectivity index (χ3v) is 9.02. The maximum absolute atomic E-state index is 12.4. The van der Waals surface area contributed by atoms with E-state index in [4.69, 9.17) is 19.3 Å². The Balaban J connectivity index is 3.92. The summed E-state index contributed by atoms with van der Waals surface area (Å²) in [6.45, 7) is 3.66. The molecule has 0 saturated heterocycles. The highest BCUT2D eigenvalue weighted by atomic mass is 31.2. The number of carbonyl (C=O) groups excluding carboxylic acids is 2. The molecule has 0 aromatic rings. The predicted molar refractivity (Wildman–Crippen MR) is 193 cm³/mol. The highest BCUT2D eigenvalue weighted by Crippen LogP contribution is 2.36. The highest BCUT2D eigenvalue weighted by Gasteiger charge is 2.22. The Hall–Kier alpha value is -1.21. The summed E-state index contributed by atoms with van der Waals surface area (Å²) in [5.41, 5.74) is 0. The van der Waals surface area contributed by atoms with Gasteiger partial charge in [-0.2, -0.15) is 0 Å². The first kappa shape index (κ1) is 45.8. The number of allylic oxidation sites excluding steroid dienone is 2. The van der Waals surface area contributed by atoms with Crippen LogP contribution in [0.5, 0.6) is 0 Å². The van der Waals surface area contributed by atoms with Gasteiger partial charge in [0, 0.05) is 12.8 Å². The standard InChI is InChI=1S/C38H73O8P/c1-3-5-7-9-11-13-15-17-19-21-22-24-26-28-30-32-37(39)44-34-36(35-45-47(41,42)43)46-38(40)33-31-29-27-25-23-20-18-16-14-12-10-8-6-4-2/h9,11,36H,3-8,10,12-35H2,1-2H3,(H2,41,42,43)/b11-9+/t36-/m1/s1. The molecule has 9 heteroatoms. The van der Waals surface area contributed by atoms with Crippen molar-refractivity contribution in [1.29, 1.82) is 0 Å². The van der Waals surface area contributed by atoms with Gasteiger partial charge in [-0.05, 0) is 32.1 Å². The van der Waals surface area contributed by atoms with Gasteiger partial charge in [0.15, 0.2) is 6.10 Å². The molecule has 0 fully saturated rings. The molecule has 8 nitrogen and oxygen atoms in total. The number of phosphoric ester groups is 1. The fourth-order valence-corrected chi connectivity index (χ4v) is 5.95. The molecule has 0 bridgehead atoms. The summed E-state index contributed by atoms with van der Waals surface area (Å²) >= 11 is 0. The van der Waals surface area contributed by atoms with Crippen LogP contribution in [-0.4, -0.2) is 41.0 Å². The van der Waals surface area contributed by atoms with E-state index < -0.39 is 32.5 Å². The zero-order valence-corrected chi connectivity index (χ0v) is 31.3. The number of hydrogen-bond acceptors (Lipinski definition) is 6. The van der Waals surface area contributed by atoms with Crippen LogP contribution in [0.1, 0.15) is 200 Å². The number of phosphoric acid groups is 1. The molecule has 0 aliphatic heterocycles. The van der Waals surface area contributed by atoms with Crippen molar-refractivity contribution in [3.05, 3.63) is 12.2 Å². The summed E-state index contributed by atoms with van der Waals surface area (Å²) < 4.78 is 26.3. The second-order valence-corrected chi connectivity index (χ2v) is 14.5. The smallest absolute Gasteiger partial charge is 0.462 e. The number of ether oxygens (including phenoxy) is 2. The zero-order chi connectivity index (χ0) is 34.7. The van der Waals surface area contributed by atoms with E-state index >= 15 is 0 Å². The first-order chi connectivity index (χ1) is 22.8. The SMILES string of the molecule is CCCC/C=C/CCCCCCCCCCCC(=O)OC[C@H](COP(=O)(O)O)OC(=O)CCCCCCCCCCCCCCCC. The molecule has 47 heavy (non-hydrogen) atoms. The van der Waals surface area contributed by atoms with E-state index in [1.165, 1.54) is 128 Å². The normalized spacial score (nSPS) is 12.5. The molecule has 2 N–H and O–H groups in total. The predicted octanol–water partition coefficient (Wildman–Crippen LogP) is 11.5. The van der Waals surface area contributed by atoms with Gasteiger partial charge in [0.05, 0.1) is 6.61 Å². The van der Waals surface area contributed by atoms with Gasteiger partial charge < -0.3 is 19.3 Å². The zero-order valence-electron chi connectivity index (χ0n) is 30.4. The van der Waals surface area contributed by atoms with Crippen molar-refractivity contribution < 1.29 is 37.9 Å². The molecule has 0 rings (SSSR count). The minimum atomic E-state index is -4.74. The summed E-state index contributed by atoms with van der Waals surface area (Å²) in [7, 11) is -4.74. The van der Waals surface area contributed by atoms with Crippen LogP contribution in [0.2, 0.25) is 0 Å². The van der Waals surface area contributed by atoms with Crippen molar-refractivity contribution in [3.8, 4) is 0 Å². The Morgan fingerprint density at radius 1 is 0.532 bits per heavy atom. The molecule has 0 aliphatic rings. The third kappa shape index (κ3) is 37.5. The lowest BCUT2D eigenvalue weighted by Gasteiger charge is -2.18. The van der Waals surface area contributed by atoms with E-state index in [1.807, 2.05) is 0 Å². The van der Waals surface area contributed by atoms with Crippen molar-refractivity contribution in [2.24, 2.45) is 0 Å². The van der Waals surface area contributed by atoms with Crippen molar-refractivity contribution in [1.82, 2.24) is 0 Å².